The molecule has 4 nitrogen and oxygen atoms in total. The van der Waals surface area contributed by atoms with Gasteiger partial charge in [0, 0.05) is 43.4 Å². The smallest absolute Gasteiger partial charge is 0.222 e. The van der Waals surface area contributed by atoms with Crippen molar-refractivity contribution >= 4 is 5.91 Å². The maximum Gasteiger partial charge on any atom is 0.222 e. The molecule has 0 bridgehead atoms. The molecule has 4 rings (SSSR count). The van der Waals surface area contributed by atoms with Crippen LogP contribution in [0.25, 0.3) is 0 Å². The van der Waals surface area contributed by atoms with Crippen LogP contribution >= 0.6 is 0 Å². The summed E-state index contributed by atoms with van der Waals surface area (Å²) in [7, 11) is 0. The summed E-state index contributed by atoms with van der Waals surface area (Å²) in [6, 6.07) is 0.544. The van der Waals surface area contributed by atoms with Crippen LogP contribution in [-0.2, 0) is 4.79 Å². The standard InChI is InChI=1S/C20H31N3O/c1-15-14-21-20(17-7-8-17)23(15)18-10-12-22(13-11-18)19(24)9-6-16-4-2-3-5-16/h14,16-18H,2-13H2,1H3. The largest absolute Gasteiger partial charge is 0.343 e. The maximum absolute atomic E-state index is 12.5. The molecule has 0 aromatic carbocycles. The molecule has 24 heavy (non-hydrogen) atoms. The predicted molar refractivity (Wildman–Crippen MR) is 95.0 cm³/mol. The summed E-state index contributed by atoms with van der Waals surface area (Å²) in [5, 5.41) is 0. The Morgan fingerprint density at radius 3 is 2.50 bits per heavy atom. The Morgan fingerprint density at radius 2 is 1.83 bits per heavy atom. The zero-order valence-corrected chi connectivity index (χ0v) is 15.0. The summed E-state index contributed by atoms with van der Waals surface area (Å²) in [6.07, 6.45) is 14.1. The Kier molecular flexibility index (Phi) is 4.64. The number of likely N-dealkylation sites (tertiary alicyclic amines) is 1. The highest BCUT2D eigenvalue weighted by molar-refractivity contribution is 5.76. The van der Waals surface area contributed by atoms with Crippen LogP contribution in [0.4, 0.5) is 0 Å². The van der Waals surface area contributed by atoms with Gasteiger partial charge in [-0.05, 0) is 44.9 Å². The SMILES string of the molecule is Cc1cnc(C2CC2)n1C1CCN(C(=O)CCC2CCCC2)CC1. The highest BCUT2D eigenvalue weighted by atomic mass is 16.2. The predicted octanol–water partition coefficient (Wildman–Crippen LogP) is 4.20. The van der Waals surface area contributed by atoms with Gasteiger partial charge in [-0.2, -0.15) is 0 Å². The number of amides is 1. The van der Waals surface area contributed by atoms with Crippen molar-refractivity contribution in [3.63, 3.8) is 0 Å². The zero-order chi connectivity index (χ0) is 16.5. The van der Waals surface area contributed by atoms with E-state index in [0.717, 1.165) is 44.7 Å². The molecular formula is C20H31N3O. The van der Waals surface area contributed by atoms with E-state index in [1.54, 1.807) is 0 Å². The fraction of sp³-hybridized carbons (Fsp3) is 0.800. The molecule has 0 atom stereocenters. The quantitative estimate of drug-likeness (QED) is 0.812. The normalized spacial score (nSPS) is 23.1. The van der Waals surface area contributed by atoms with Crippen molar-refractivity contribution in [3.05, 3.63) is 17.7 Å². The third-order valence-corrected chi connectivity index (χ3v) is 6.38. The molecule has 1 amide bonds. The van der Waals surface area contributed by atoms with Crippen molar-refractivity contribution in [1.29, 1.82) is 0 Å². The molecule has 3 aliphatic rings. The Hall–Kier alpha value is -1.32. The van der Waals surface area contributed by atoms with E-state index in [2.05, 4.69) is 21.4 Å². The van der Waals surface area contributed by atoms with Crippen LogP contribution in [0.3, 0.4) is 0 Å². The second-order valence-electron chi connectivity index (χ2n) is 8.20. The van der Waals surface area contributed by atoms with Gasteiger partial charge >= 0.3 is 0 Å². The van der Waals surface area contributed by atoms with Gasteiger partial charge in [-0.15, -0.1) is 0 Å². The molecule has 0 N–H and O–H groups in total. The van der Waals surface area contributed by atoms with Gasteiger partial charge in [0.15, 0.2) is 0 Å². The lowest BCUT2D eigenvalue weighted by molar-refractivity contribution is -0.132. The van der Waals surface area contributed by atoms with Crippen molar-refractivity contribution < 1.29 is 4.79 Å². The number of carbonyl (C=O) groups is 1. The number of nitrogens with zero attached hydrogens (tertiary/aromatic N) is 3. The van der Waals surface area contributed by atoms with Crippen LogP contribution in [0.1, 0.15) is 87.7 Å². The van der Waals surface area contributed by atoms with Crippen molar-refractivity contribution in [2.75, 3.05) is 13.1 Å². The van der Waals surface area contributed by atoms with Crippen LogP contribution in [0.5, 0.6) is 0 Å². The van der Waals surface area contributed by atoms with E-state index in [4.69, 9.17) is 0 Å². The summed E-state index contributed by atoms with van der Waals surface area (Å²) >= 11 is 0. The highest BCUT2D eigenvalue weighted by Crippen LogP contribution is 2.41. The first kappa shape index (κ1) is 16.2. The molecule has 2 aliphatic carbocycles. The molecule has 2 heterocycles. The lowest BCUT2D eigenvalue weighted by Gasteiger charge is -2.34. The number of imidazole rings is 1. The van der Waals surface area contributed by atoms with Crippen molar-refractivity contribution in [1.82, 2.24) is 14.5 Å². The average Bonchev–Trinajstić information content (AvgIpc) is 3.17. The summed E-state index contributed by atoms with van der Waals surface area (Å²) < 4.78 is 2.48. The lowest BCUT2D eigenvalue weighted by atomic mass is 10.00. The topological polar surface area (TPSA) is 38.1 Å². The van der Waals surface area contributed by atoms with Gasteiger partial charge in [0.05, 0.1) is 0 Å². The first-order chi connectivity index (χ1) is 11.7. The number of piperidine rings is 1. The first-order valence-corrected chi connectivity index (χ1v) is 10.0. The third-order valence-electron chi connectivity index (χ3n) is 6.38. The average molecular weight is 329 g/mol. The van der Waals surface area contributed by atoms with Crippen molar-refractivity contribution in [3.8, 4) is 0 Å². The number of aryl methyl sites for hydroxylation is 1. The highest BCUT2D eigenvalue weighted by Gasteiger charge is 2.32. The van der Waals surface area contributed by atoms with Gasteiger partial charge in [0.1, 0.15) is 5.82 Å². The minimum atomic E-state index is 0.394. The van der Waals surface area contributed by atoms with E-state index in [-0.39, 0.29) is 0 Å². The Morgan fingerprint density at radius 1 is 1.12 bits per heavy atom. The summed E-state index contributed by atoms with van der Waals surface area (Å²) in [6.45, 7) is 4.03. The second kappa shape index (κ2) is 6.89. The zero-order valence-electron chi connectivity index (χ0n) is 15.0. The lowest BCUT2D eigenvalue weighted by Crippen LogP contribution is -2.39. The molecule has 1 aromatic rings. The number of carbonyl (C=O) groups excluding carboxylic acids is 1. The van der Waals surface area contributed by atoms with Gasteiger partial charge < -0.3 is 9.47 Å². The molecule has 4 heteroatoms. The van der Waals surface area contributed by atoms with E-state index in [1.807, 2.05) is 6.20 Å². The van der Waals surface area contributed by atoms with Crippen LogP contribution in [0, 0.1) is 12.8 Å². The number of aromatic nitrogens is 2. The van der Waals surface area contributed by atoms with Crippen molar-refractivity contribution in [2.24, 2.45) is 5.92 Å². The molecule has 1 aromatic heterocycles. The van der Waals surface area contributed by atoms with Crippen molar-refractivity contribution in [2.45, 2.75) is 83.1 Å². The van der Waals surface area contributed by atoms with E-state index in [1.165, 1.54) is 50.0 Å². The van der Waals surface area contributed by atoms with E-state index < -0.39 is 0 Å². The minimum Gasteiger partial charge on any atom is -0.343 e. The van der Waals surface area contributed by atoms with Gasteiger partial charge in [-0.3, -0.25) is 4.79 Å². The molecule has 0 unspecified atom stereocenters. The molecule has 2 saturated carbocycles. The third kappa shape index (κ3) is 3.38. The van der Waals surface area contributed by atoms with Crippen LogP contribution in [0.15, 0.2) is 6.20 Å². The van der Waals surface area contributed by atoms with Gasteiger partial charge in [0.25, 0.3) is 0 Å². The van der Waals surface area contributed by atoms with Gasteiger partial charge in [-0.25, -0.2) is 4.98 Å². The van der Waals surface area contributed by atoms with Crippen LogP contribution in [0.2, 0.25) is 0 Å². The van der Waals surface area contributed by atoms with Crippen LogP contribution < -0.4 is 0 Å². The second-order valence-corrected chi connectivity index (χ2v) is 8.20. The maximum atomic E-state index is 12.5. The van der Waals surface area contributed by atoms with Gasteiger partial charge in [0.2, 0.25) is 5.91 Å². The summed E-state index contributed by atoms with van der Waals surface area (Å²) in [5.41, 5.74) is 1.29. The molecule has 0 radical (unpaired) electrons. The fourth-order valence-electron chi connectivity index (χ4n) is 4.74. The molecular weight excluding hydrogens is 298 g/mol. The molecule has 3 fully saturated rings. The van der Waals surface area contributed by atoms with E-state index in [9.17, 15) is 4.79 Å². The van der Waals surface area contributed by atoms with Gasteiger partial charge in [-0.1, -0.05) is 25.7 Å². The summed E-state index contributed by atoms with van der Waals surface area (Å²) in [4.78, 5) is 19.3. The number of hydrogen-bond donors (Lipinski definition) is 0. The minimum absolute atomic E-state index is 0.394. The van der Waals surface area contributed by atoms with E-state index in [0.29, 0.717) is 17.9 Å². The Labute approximate surface area is 145 Å². The number of rotatable bonds is 5. The Balaban J connectivity index is 1.30. The van der Waals surface area contributed by atoms with Crippen LogP contribution in [-0.4, -0.2) is 33.4 Å². The molecule has 0 spiro atoms. The fourth-order valence-corrected chi connectivity index (χ4v) is 4.74. The summed E-state index contributed by atoms with van der Waals surface area (Å²) in [5.74, 6) is 3.22. The van der Waals surface area contributed by atoms with E-state index >= 15 is 0 Å². The number of hydrogen-bond acceptors (Lipinski definition) is 2. The first-order valence-electron chi connectivity index (χ1n) is 10.0. The monoisotopic (exact) mass is 329 g/mol. The molecule has 132 valence electrons. The molecule has 1 aliphatic heterocycles. The Bertz CT molecular complexity index is 576. The molecule has 1 saturated heterocycles.